The van der Waals surface area contributed by atoms with E-state index in [1.165, 1.54) is 29.9 Å². The smallest absolute Gasteiger partial charge is 0.0214 e. The summed E-state index contributed by atoms with van der Waals surface area (Å²) in [4.78, 5) is 2.41. The molecule has 0 aromatic heterocycles. The minimum Gasteiger partial charge on any atom is -0.306 e. The van der Waals surface area contributed by atoms with Crippen molar-refractivity contribution in [3.05, 3.63) is 91.0 Å². The van der Waals surface area contributed by atoms with Crippen molar-refractivity contribution in [2.75, 3.05) is 14.1 Å². The van der Waals surface area contributed by atoms with Crippen LogP contribution in [0.3, 0.4) is 0 Å². The van der Waals surface area contributed by atoms with Gasteiger partial charge in [0.2, 0.25) is 0 Å². The Morgan fingerprint density at radius 1 is 0.840 bits per heavy atom. The van der Waals surface area contributed by atoms with Gasteiger partial charge in [0, 0.05) is 17.6 Å². The maximum atomic E-state index is 2.41. The van der Waals surface area contributed by atoms with Gasteiger partial charge in [-0.05, 0) is 64.2 Å². The minimum atomic E-state index is -0.502. The zero-order chi connectivity index (χ0) is 17.2. The molecule has 2 aromatic rings. The molecule has 4 rings (SSSR count). The SMILES string of the molecule is CN(C)C1CCC[C]2[CH][CH][C](P(c3ccccc3)c3ccccc3)[C]21. The third-order valence-corrected chi connectivity index (χ3v) is 7.72. The molecule has 127 valence electrons. The molecule has 2 aliphatic rings. The number of hydrogen-bond acceptors (Lipinski definition) is 1. The highest BCUT2D eigenvalue weighted by molar-refractivity contribution is 7.76. The molecule has 2 heteroatoms. The van der Waals surface area contributed by atoms with E-state index in [2.05, 4.69) is 92.5 Å². The van der Waals surface area contributed by atoms with Gasteiger partial charge in [0.1, 0.15) is 0 Å². The predicted molar refractivity (Wildman–Crippen MR) is 109 cm³/mol. The predicted octanol–water partition coefficient (Wildman–Crippen LogP) is 4.34. The van der Waals surface area contributed by atoms with Crippen LogP contribution in [-0.4, -0.2) is 25.0 Å². The molecular weight excluding hydrogens is 321 g/mol. The van der Waals surface area contributed by atoms with Crippen molar-refractivity contribution in [2.45, 2.75) is 25.3 Å². The summed E-state index contributed by atoms with van der Waals surface area (Å²) in [6.07, 6.45) is 8.60. The van der Waals surface area contributed by atoms with Gasteiger partial charge in [-0.2, -0.15) is 0 Å². The summed E-state index contributed by atoms with van der Waals surface area (Å²) < 4.78 is 0. The summed E-state index contributed by atoms with van der Waals surface area (Å²) in [6.45, 7) is 0. The van der Waals surface area contributed by atoms with Crippen LogP contribution in [0.2, 0.25) is 0 Å². The average Bonchev–Trinajstić information content (AvgIpc) is 3.08. The van der Waals surface area contributed by atoms with E-state index in [0.717, 1.165) is 0 Å². The van der Waals surface area contributed by atoms with Crippen LogP contribution in [0.1, 0.15) is 19.3 Å². The Hall–Kier alpha value is -1.17. The van der Waals surface area contributed by atoms with E-state index in [0.29, 0.717) is 6.04 Å². The third kappa shape index (κ3) is 3.42. The summed E-state index contributed by atoms with van der Waals surface area (Å²) >= 11 is 0. The molecule has 1 unspecified atom stereocenters. The minimum absolute atomic E-state index is 0.502. The van der Waals surface area contributed by atoms with E-state index < -0.39 is 7.92 Å². The molecule has 0 saturated heterocycles. The van der Waals surface area contributed by atoms with Gasteiger partial charge in [-0.3, -0.25) is 0 Å². The summed E-state index contributed by atoms with van der Waals surface area (Å²) in [7, 11) is 3.95. The third-order valence-electron chi connectivity index (χ3n) is 5.21. The average molecular weight is 346 g/mol. The highest BCUT2D eigenvalue weighted by Gasteiger charge is 2.48. The van der Waals surface area contributed by atoms with Crippen molar-refractivity contribution in [3.8, 4) is 0 Å². The van der Waals surface area contributed by atoms with E-state index in [4.69, 9.17) is 0 Å². The first-order valence-corrected chi connectivity index (χ1v) is 10.4. The molecule has 2 aromatic carbocycles. The molecule has 0 N–H and O–H groups in total. The molecule has 2 saturated carbocycles. The second kappa shape index (κ2) is 7.60. The number of benzene rings is 2. The molecule has 0 amide bonds. The molecule has 0 spiro atoms. The standard InChI is InChI=1S/C23H25NP/c1-24(2)21-15-9-10-18-16-17-22(23(18)21)25(19-11-5-3-6-12-19)20-13-7-4-8-14-20/h3-8,11-14,16-17,21H,9-10,15H2,1-2H3. The molecule has 25 heavy (non-hydrogen) atoms. The lowest BCUT2D eigenvalue weighted by Gasteiger charge is -2.42. The van der Waals surface area contributed by atoms with E-state index in [9.17, 15) is 0 Å². The molecule has 0 heterocycles. The second-order valence-corrected chi connectivity index (χ2v) is 9.22. The van der Waals surface area contributed by atoms with Crippen LogP contribution in [0.25, 0.3) is 0 Å². The first-order valence-electron chi connectivity index (χ1n) is 9.11. The van der Waals surface area contributed by atoms with Crippen molar-refractivity contribution in [3.63, 3.8) is 0 Å². The van der Waals surface area contributed by atoms with E-state index in [1.54, 1.807) is 17.5 Å². The van der Waals surface area contributed by atoms with Crippen LogP contribution < -0.4 is 10.6 Å². The molecule has 0 bridgehead atoms. The molecule has 1 nitrogen and oxygen atoms in total. The summed E-state index contributed by atoms with van der Waals surface area (Å²) in [5.74, 6) is 3.18. The van der Waals surface area contributed by atoms with Crippen molar-refractivity contribution >= 4 is 18.5 Å². The molecular formula is C23H25NP. The van der Waals surface area contributed by atoms with Crippen LogP contribution >= 0.6 is 7.92 Å². The van der Waals surface area contributed by atoms with E-state index in [-0.39, 0.29) is 0 Å². The first kappa shape index (κ1) is 17.3. The monoisotopic (exact) mass is 346 g/mol. The maximum absolute atomic E-state index is 2.41. The van der Waals surface area contributed by atoms with Crippen molar-refractivity contribution < 1.29 is 0 Å². The topological polar surface area (TPSA) is 3.24 Å². The second-order valence-electron chi connectivity index (χ2n) is 7.04. The highest BCUT2D eigenvalue weighted by atomic mass is 31.1. The number of rotatable bonds is 4. The zero-order valence-electron chi connectivity index (χ0n) is 15.0. The summed E-state index contributed by atoms with van der Waals surface area (Å²) in [5, 5.41) is 2.89. The van der Waals surface area contributed by atoms with Gasteiger partial charge >= 0.3 is 0 Å². The van der Waals surface area contributed by atoms with Crippen molar-refractivity contribution in [1.82, 2.24) is 4.90 Å². The van der Waals surface area contributed by atoms with Crippen LogP contribution in [0.5, 0.6) is 0 Å². The van der Waals surface area contributed by atoms with Gasteiger partial charge in [-0.25, -0.2) is 0 Å². The molecule has 2 aliphatic carbocycles. The Morgan fingerprint density at radius 3 is 2.00 bits per heavy atom. The maximum Gasteiger partial charge on any atom is 0.0214 e. The van der Waals surface area contributed by atoms with Crippen molar-refractivity contribution in [2.24, 2.45) is 0 Å². The van der Waals surface area contributed by atoms with Gasteiger partial charge in [0.15, 0.2) is 0 Å². The fourth-order valence-electron chi connectivity index (χ4n) is 4.05. The molecule has 0 aliphatic heterocycles. The van der Waals surface area contributed by atoms with Crippen molar-refractivity contribution in [1.29, 1.82) is 0 Å². The largest absolute Gasteiger partial charge is 0.306 e. The Balaban J connectivity index is 1.74. The Kier molecular flexibility index (Phi) is 5.25. The van der Waals surface area contributed by atoms with Gasteiger partial charge in [0.05, 0.1) is 0 Å². The lowest BCUT2D eigenvalue weighted by molar-refractivity contribution is 0.271. The van der Waals surface area contributed by atoms with Crippen LogP contribution in [-0.2, 0) is 0 Å². The van der Waals surface area contributed by atoms with E-state index >= 15 is 0 Å². The van der Waals surface area contributed by atoms with Crippen LogP contribution in [0.15, 0.2) is 60.7 Å². The lowest BCUT2D eigenvalue weighted by Crippen LogP contribution is -2.40. The van der Waals surface area contributed by atoms with Crippen LogP contribution in [0, 0.1) is 30.3 Å². The summed E-state index contributed by atoms with van der Waals surface area (Å²) in [5.41, 5.74) is 1.56. The number of hydrogen-bond donors (Lipinski definition) is 0. The van der Waals surface area contributed by atoms with E-state index in [1.807, 2.05) is 0 Å². The Morgan fingerprint density at radius 2 is 1.44 bits per heavy atom. The fourth-order valence-corrected chi connectivity index (χ4v) is 6.60. The van der Waals surface area contributed by atoms with Gasteiger partial charge in [0.25, 0.3) is 0 Å². The zero-order valence-corrected chi connectivity index (χ0v) is 15.9. The normalized spacial score (nSPS) is 22.6. The number of nitrogens with zero attached hydrogens (tertiary/aromatic N) is 1. The molecule has 5 radical (unpaired) electrons. The van der Waals surface area contributed by atoms with Crippen LogP contribution in [0.4, 0.5) is 0 Å². The fraction of sp³-hybridized carbons (Fsp3) is 0.261. The lowest BCUT2D eigenvalue weighted by atomic mass is 9.77. The first-order chi connectivity index (χ1) is 12.3. The summed E-state index contributed by atoms with van der Waals surface area (Å²) in [6, 6.07) is 22.7. The Labute approximate surface area is 154 Å². The molecule has 1 atom stereocenters. The van der Waals surface area contributed by atoms with Gasteiger partial charge in [-0.1, -0.05) is 67.1 Å². The highest BCUT2D eigenvalue weighted by Crippen LogP contribution is 2.62. The van der Waals surface area contributed by atoms with Gasteiger partial charge in [-0.15, -0.1) is 0 Å². The number of fused-ring (bicyclic) bond motifs is 1. The Bertz CT molecular complexity index is 630. The molecule has 2 fully saturated rings. The van der Waals surface area contributed by atoms with Gasteiger partial charge < -0.3 is 4.90 Å². The quantitative estimate of drug-likeness (QED) is 0.745.